The fourth-order valence-corrected chi connectivity index (χ4v) is 7.44. The number of aryl methyl sites for hydroxylation is 1. The second-order valence-electron chi connectivity index (χ2n) is 11.5. The largest absolute Gasteiger partial charge is 0.494 e. The molecule has 8 rings (SSSR count). The highest BCUT2D eigenvalue weighted by Crippen LogP contribution is 2.58. The molecule has 0 atom stereocenters. The summed E-state index contributed by atoms with van der Waals surface area (Å²) in [6.07, 6.45) is 14.5. The SMILES string of the molecule is COc1c(Nc2nc(Nc3cnn([C@]45CC6C[C@H](C[C@H](C6)C4)C5)c3)ncc2C(=O)O)cccc1-c1ncn(C)n1. The second kappa shape index (κ2) is 9.32. The zero-order chi connectivity index (χ0) is 27.4. The molecule has 0 unspecified atom stereocenters. The molecule has 12 heteroatoms. The molecule has 4 saturated carbocycles. The molecule has 1 aromatic carbocycles. The van der Waals surface area contributed by atoms with Gasteiger partial charge in [0, 0.05) is 19.4 Å². The lowest BCUT2D eigenvalue weighted by molar-refractivity contribution is -0.0493. The van der Waals surface area contributed by atoms with Crippen molar-refractivity contribution in [1.82, 2.24) is 34.5 Å². The fraction of sp³-hybridized carbons (Fsp3) is 0.429. The number of nitrogens with zero attached hydrogens (tertiary/aromatic N) is 7. The first kappa shape index (κ1) is 24.6. The Kier molecular flexibility index (Phi) is 5.72. The van der Waals surface area contributed by atoms with Gasteiger partial charge in [0.1, 0.15) is 11.9 Å². The van der Waals surface area contributed by atoms with E-state index in [-0.39, 0.29) is 22.9 Å². The van der Waals surface area contributed by atoms with E-state index in [4.69, 9.17) is 9.84 Å². The van der Waals surface area contributed by atoms with Crippen molar-refractivity contribution in [2.24, 2.45) is 24.8 Å². The number of nitrogens with one attached hydrogen (secondary N) is 2. The van der Waals surface area contributed by atoms with E-state index in [1.54, 1.807) is 37.4 Å². The highest BCUT2D eigenvalue weighted by Gasteiger charge is 2.52. The van der Waals surface area contributed by atoms with Gasteiger partial charge in [0.05, 0.1) is 35.8 Å². The summed E-state index contributed by atoms with van der Waals surface area (Å²) in [6.45, 7) is 0. The van der Waals surface area contributed by atoms with Crippen LogP contribution < -0.4 is 15.4 Å². The van der Waals surface area contributed by atoms with Crippen LogP contribution >= 0.6 is 0 Å². The van der Waals surface area contributed by atoms with Gasteiger partial charge in [-0.15, -0.1) is 0 Å². The first-order valence-corrected chi connectivity index (χ1v) is 13.6. The number of carbonyl (C=O) groups is 1. The van der Waals surface area contributed by atoms with Gasteiger partial charge in [0.25, 0.3) is 0 Å². The van der Waals surface area contributed by atoms with Crippen LogP contribution in [0.15, 0.2) is 43.1 Å². The number of hydrogen-bond acceptors (Lipinski definition) is 9. The van der Waals surface area contributed by atoms with E-state index in [0.29, 0.717) is 22.8 Å². The number of ether oxygens (including phenoxy) is 1. The molecule has 3 heterocycles. The molecule has 0 aliphatic heterocycles. The number of anilines is 4. The Morgan fingerprint density at radius 1 is 1.07 bits per heavy atom. The van der Waals surface area contributed by atoms with Crippen LogP contribution in [0, 0.1) is 17.8 Å². The van der Waals surface area contributed by atoms with E-state index in [2.05, 4.69) is 35.4 Å². The summed E-state index contributed by atoms with van der Waals surface area (Å²) in [5.41, 5.74) is 1.99. The van der Waals surface area contributed by atoms with Crippen molar-refractivity contribution in [2.45, 2.75) is 44.1 Å². The number of hydrogen-bond donors (Lipinski definition) is 3. The third kappa shape index (κ3) is 4.23. The molecule has 3 aromatic heterocycles. The Hall–Kier alpha value is -4.48. The van der Waals surface area contributed by atoms with Crippen LogP contribution in [0.4, 0.5) is 23.1 Å². The molecule has 3 N–H and O–H groups in total. The van der Waals surface area contributed by atoms with Gasteiger partial charge >= 0.3 is 5.97 Å². The van der Waals surface area contributed by atoms with Gasteiger partial charge in [-0.2, -0.15) is 15.2 Å². The molecule has 12 nitrogen and oxygen atoms in total. The minimum Gasteiger partial charge on any atom is -0.494 e. The monoisotopic (exact) mass is 541 g/mol. The highest BCUT2D eigenvalue weighted by molar-refractivity contribution is 5.94. The zero-order valence-corrected chi connectivity index (χ0v) is 22.4. The van der Waals surface area contributed by atoms with E-state index in [0.717, 1.165) is 23.4 Å². The van der Waals surface area contributed by atoms with Crippen molar-refractivity contribution in [3.63, 3.8) is 0 Å². The van der Waals surface area contributed by atoms with Gasteiger partial charge in [-0.1, -0.05) is 6.07 Å². The molecule has 4 fully saturated rings. The molecule has 4 aromatic rings. The van der Waals surface area contributed by atoms with Gasteiger partial charge in [0.2, 0.25) is 5.95 Å². The average Bonchev–Trinajstić information content (AvgIpc) is 3.57. The van der Waals surface area contributed by atoms with Crippen LogP contribution in [0.25, 0.3) is 11.4 Å². The van der Waals surface area contributed by atoms with E-state index >= 15 is 0 Å². The minimum absolute atomic E-state index is 0.0711. The van der Waals surface area contributed by atoms with Gasteiger partial charge in [0.15, 0.2) is 17.4 Å². The molecule has 4 aliphatic carbocycles. The van der Waals surface area contributed by atoms with Gasteiger partial charge < -0.3 is 20.5 Å². The molecule has 40 heavy (non-hydrogen) atoms. The van der Waals surface area contributed by atoms with Crippen LogP contribution in [0.1, 0.15) is 48.9 Å². The van der Waals surface area contributed by atoms with Gasteiger partial charge in [-0.3, -0.25) is 9.36 Å². The average molecular weight is 542 g/mol. The lowest BCUT2D eigenvalue weighted by atomic mass is 9.53. The quantitative estimate of drug-likeness (QED) is 0.290. The number of para-hydroxylation sites is 1. The van der Waals surface area contributed by atoms with Crippen molar-refractivity contribution >= 4 is 29.1 Å². The number of aromatic carboxylic acids is 1. The number of carboxylic acid groups (broad SMARTS) is 1. The van der Waals surface area contributed by atoms with Crippen LogP contribution in [0.5, 0.6) is 5.75 Å². The standard InChI is InChI=1S/C28H31N9O3/c1-36-15-30-24(35-36)20-4-3-5-22(23(20)40-2)33-25-21(26(38)39)13-29-27(34-25)32-19-12-31-37(14-19)28-9-16-6-17(10-28)8-18(7-16)11-28/h3-5,12-18H,6-11H2,1-2H3,(H,38,39)(H2,29,32,33,34)/t16-,17+,18?,28-. The third-order valence-electron chi connectivity index (χ3n) is 8.66. The highest BCUT2D eigenvalue weighted by atomic mass is 16.5. The van der Waals surface area contributed by atoms with E-state index in [9.17, 15) is 9.90 Å². The van der Waals surface area contributed by atoms with Crippen molar-refractivity contribution in [2.75, 3.05) is 17.7 Å². The summed E-state index contributed by atoms with van der Waals surface area (Å²) in [6, 6.07) is 5.43. The number of carboxylic acids is 1. The molecule has 0 radical (unpaired) electrons. The van der Waals surface area contributed by atoms with Crippen molar-refractivity contribution in [3.05, 3.63) is 48.7 Å². The maximum absolute atomic E-state index is 12.0. The maximum Gasteiger partial charge on any atom is 0.341 e. The Bertz CT molecular complexity index is 1560. The minimum atomic E-state index is -1.15. The summed E-state index contributed by atoms with van der Waals surface area (Å²) < 4.78 is 9.43. The molecule has 4 bridgehead atoms. The summed E-state index contributed by atoms with van der Waals surface area (Å²) in [7, 11) is 3.33. The predicted octanol–water partition coefficient (Wildman–Crippen LogP) is 4.59. The predicted molar refractivity (Wildman–Crippen MR) is 147 cm³/mol. The topological polar surface area (TPSA) is 145 Å². The van der Waals surface area contributed by atoms with E-state index in [1.807, 2.05) is 18.3 Å². The van der Waals surface area contributed by atoms with Crippen LogP contribution in [-0.2, 0) is 12.6 Å². The third-order valence-corrected chi connectivity index (χ3v) is 8.66. The zero-order valence-electron chi connectivity index (χ0n) is 22.4. The number of aromatic nitrogens is 7. The number of benzene rings is 1. The lowest BCUT2D eigenvalue weighted by Crippen LogP contribution is -2.52. The molecule has 206 valence electrons. The summed E-state index contributed by atoms with van der Waals surface area (Å²) >= 11 is 0. The molecule has 0 saturated heterocycles. The second-order valence-corrected chi connectivity index (χ2v) is 11.5. The normalized spacial score (nSPS) is 24.7. The van der Waals surface area contributed by atoms with Crippen molar-refractivity contribution in [3.8, 4) is 17.1 Å². The molecular formula is C28H31N9O3. The van der Waals surface area contributed by atoms with Crippen LogP contribution in [0.3, 0.4) is 0 Å². The smallest absolute Gasteiger partial charge is 0.341 e. The Morgan fingerprint density at radius 2 is 1.82 bits per heavy atom. The summed E-state index contributed by atoms with van der Waals surface area (Å²) in [5.74, 6) is 2.65. The van der Waals surface area contributed by atoms with Crippen LogP contribution in [0.2, 0.25) is 0 Å². The van der Waals surface area contributed by atoms with Gasteiger partial charge in [-0.25, -0.2) is 14.8 Å². The van der Waals surface area contributed by atoms with Crippen molar-refractivity contribution in [1.29, 1.82) is 0 Å². The Labute approximate surface area is 230 Å². The number of methoxy groups -OCH3 is 1. The first-order chi connectivity index (χ1) is 19.4. The van der Waals surface area contributed by atoms with Gasteiger partial charge in [-0.05, 0) is 68.4 Å². The molecule has 0 spiro atoms. The van der Waals surface area contributed by atoms with E-state index in [1.165, 1.54) is 44.7 Å². The van der Waals surface area contributed by atoms with Crippen molar-refractivity contribution < 1.29 is 14.6 Å². The Balaban J connectivity index is 1.16. The van der Waals surface area contributed by atoms with E-state index < -0.39 is 5.97 Å². The molecule has 4 aliphatic rings. The lowest BCUT2D eigenvalue weighted by Gasteiger charge is -2.56. The molecular weight excluding hydrogens is 510 g/mol. The Morgan fingerprint density at radius 3 is 2.48 bits per heavy atom. The van der Waals surface area contributed by atoms with Crippen LogP contribution in [-0.4, -0.2) is 52.7 Å². The molecule has 0 amide bonds. The first-order valence-electron chi connectivity index (χ1n) is 13.6. The maximum atomic E-state index is 12.0. The summed E-state index contributed by atoms with van der Waals surface area (Å²) in [5, 5.41) is 25.3. The number of rotatable bonds is 8. The fourth-order valence-electron chi connectivity index (χ4n) is 7.44. The summed E-state index contributed by atoms with van der Waals surface area (Å²) in [4.78, 5) is 25.1.